The minimum atomic E-state index is -0.280. The summed E-state index contributed by atoms with van der Waals surface area (Å²) in [5, 5.41) is 5.59. The quantitative estimate of drug-likeness (QED) is 0.472. The maximum absolute atomic E-state index is 12.1. The summed E-state index contributed by atoms with van der Waals surface area (Å²) < 4.78 is 7.02. The van der Waals surface area contributed by atoms with Gasteiger partial charge in [-0.1, -0.05) is 12.1 Å². The molecule has 146 valence electrons. The van der Waals surface area contributed by atoms with Gasteiger partial charge < -0.3 is 15.1 Å². The number of nitrogens with zero attached hydrogens (tertiary/aromatic N) is 2. The van der Waals surface area contributed by atoms with Crippen molar-refractivity contribution < 1.29 is 14.0 Å². The zero-order valence-electron chi connectivity index (χ0n) is 15.7. The van der Waals surface area contributed by atoms with Crippen LogP contribution in [-0.4, -0.2) is 27.9 Å². The fraction of sp³-hybridized carbons (Fsp3) is 0.136. The lowest BCUT2D eigenvalue weighted by Crippen LogP contribution is -2.25. The largest absolute Gasteiger partial charge is 0.459 e. The average molecular weight is 388 g/mol. The number of imidazole rings is 1. The normalized spacial score (nSPS) is 10.8. The Morgan fingerprint density at radius 3 is 2.62 bits per heavy atom. The second-order valence-electron chi connectivity index (χ2n) is 6.54. The summed E-state index contributed by atoms with van der Waals surface area (Å²) in [6.07, 6.45) is 4.09. The van der Waals surface area contributed by atoms with E-state index in [0.29, 0.717) is 19.4 Å². The van der Waals surface area contributed by atoms with E-state index < -0.39 is 0 Å². The Hall–Kier alpha value is -3.87. The van der Waals surface area contributed by atoms with E-state index in [1.807, 2.05) is 53.1 Å². The van der Waals surface area contributed by atoms with Gasteiger partial charge in [-0.3, -0.25) is 14.2 Å². The molecule has 0 spiro atoms. The minimum absolute atomic E-state index is 0.0990. The van der Waals surface area contributed by atoms with Crippen molar-refractivity contribution in [3.63, 3.8) is 0 Å². The summed E-state index contributed by atoms with van der Waals surface area (Å²) in [4.78, 5) is 28.3. The molecule has 2 aromatic carbocycles. The molecule has 7 nitrogen and oxygen atoms in total. The zero-order valence-corrected chi connectivity index (χ0v) is 15.7. The maximum atomic E-state index is 12.1. The predicted octanol–water partition coefficient (Wildman–Crippen LogP) is 3.77. The molecule has 0 bridgehead atoms. The monoisotopic (exact) mass is 388 g/mol. The number of hydrogen-bond acceptors (Lipinski definition) is 4. The third-order valence-electron chi connectivity index (χ3n) is 4.49. The number of rotatable bonds is 7. The van der Waals surface area contributed by atoms with E-state index in [4.69, 9.17) is 4.42 Å². The Morgan fingerprint density at radius 2 is 1.83 bits per heavy atom. The first kappa shape index (κ1) is 18.5. The third-order valence-corrected chi connectivity index (χ3v) is 4.49. The molecule has 29 heavy (non-hydrogen) atoms. The number of carbonyl (C=O) groups excluding carboxylic acids is 2. The lowest BCUT2D eigenvalue weighted by atomic mass is 10.2. The van der Waals surface area contributed by atoms with E-state index in [9.17, 15) is 9.59 Å². The van der Waals surface area contributed by atoms with E-state index >= 15 is 0 Å². The van der Waals surface area contributed by atoms with Crippen LogP contribution in [0.4, 0.5) is 5.69 Å². The van der Waals surface area contributed by atoms with Crippen molar-refractivity contribution >= 4 is 28.5 Å². The fourth-order valence-electron chi connectivity index (χ4n) is 3.04. The van der Waals surface area contributed by atoms with Gasteiger partial charge in [-0.25, -0.2) is 4.98 Å². The van der Waals surface area contributed by atoms with Crippen LogP contribution in [0.3, 0.4) is 0 Å². The molecule has 7 heteroatoms. The second-order valence-corrected chi connectivity index (χ2v) is 6.54. The lowest BCUT2D eigenvalue weighted by Gasteiger charge is -2.08. The Balaban J connectivity index is 1.27. The van der Waals surface area contributed by atoms with Crippen molar-refractivity contribution in [1.29, 1.82) is 0 Å². The molecule has 2 heterocycles. The van der Waals surface area contributed by atoms with Crippen LogP contribution in [0.2, 0.25) is 0 Å². The van der Waals surface area contributed by atoms with Crippen molar-refractivity contribution in [2.75, 3.05) is 11.9 Å². The molecule has 0 saturated carbocycles. The molecule has 2 N–H and O–H groups in total. The molecule has 2 aromatic heterocycles. The standard InChI is InChI=1S/C22H20N4O3/c27-21(8-3-13-23-22(28)20-7-4-14-29-20)25-16-9-11-17(12-10-16)26-15-24-18-5-1-2-6-19(18)26/h1-2,4-7,9-12,14-15H,3,8,13H2,(H,23,28)(H,25,27). The number of benzene rings is 2. The molecule has 0 aliphatic heterocycles. The van der Waals surface area contributed by atoms with Crippen LogP contribution in [0.5, 0.6) is 0 Å². The van der Waals surface area contributed by atoms with Gasteiger partial charge in [-0.15, -0.1) is 0 Å². The smallest absolute Gasteiger partial charge is 0.286 e. The minimum Gasteiger partial charge on any atom is -0.459 e. The first-order valence-corrected chi connectivity index (χ1v) is 9.35. The van der Waals surface area contributed by atoms with Gasteiger partial charge in [-0.2, -0.15) is 0 Å². The SMILES string of the molecule is O=C(CCCNC(=O)c1ccco1)Nc1ccc(-n2cnc3ccccc32)cc1. The average Bonchev–Trinajstić information content (AvgIpc) is 3.42. The number of anilines is 1. The van der Waals surface area contributed by atoms with Crippen molar-refractivity contribution in [2.45, 2.75) is 12.8 Å². The van der Waals surface area contributed by atoms with Gasteiger partial charge in [0, 0.05) is 24.3 Å². The number of nitrogens with one attached hydrogen (secondary N) is 2. The predicted molar refractivity (Wildman–Crippen MR) is 110 cm³/mol. The highest BCUT2D eigenvalue weighted by Gasteiger charge is 2.08. The number of furan rings is 1. The van der Waals surface area contributed by atoms with Gasteiger partial charge in [0.15, 0.2) is 5.76 Å². The topological polar surface area (TPSA) is 89.2 Å². The fourth-order valence-corrected chi connectivity index (χ4v) is 3.04. The maximum Gasteiger partial charge on any atom is 0.286 e. The van der Waals surface area contributed by atoms with E-state index in [-0.39, 0.29) is 17.6 Å². The van der Waals surface area contributed by atoms with E-state index in [1.54, 1.807) is 18.5 Å². The van der Waals surface area contributed by atoms with Gasteiger partial charge in [0.2, 0.25) is 5.91 Å². The Morgan fingerprint density at radius 1 is 1.00 bits per heavy atom. The molecular weight excluding hydrogens is 368 g/mol. The van der Waals surface area contributed by atoms with Gasteiger partial charge >= 0.3 is 0 Å². The van der Waals surface area contributed by atoms with Crippen molar-refractivity contribution in [1.82, 2.24) is 14.9 Å². The van der Waals surface area contributed by atoms with Crippen LogP contribution < -0.4 is 10.6 Å². The molecule has 0 aliphatic carbocycles. The molecule has 0 radical (unpaired) electrons. The highest BCUT2D eigenvalue weighted by molar-refractivity contribution is 5.92. The first-order chi connectivity index (χ1) is 14.2. The van der Waals surface area contributed by atoms with Crippen LogP contribution in [0.25, 0.3) is 16.7 Å². The molecule has 4 rings (SSSR count). The number of carbonyl (C=O) groups is 2. The Bertz CT molecular complexity index is 1110. The summed E-state index contributed by atoms with van der Waals surface area (Å²) in [5.41, 5.74) is 3.66. The van der Waals surface area contributed by atoms with E-state index in [1.165, 1.54) is 6.26 Å². The number of aromatic nitrogens is 2. The molecule has 0 atom stereocenters. The van der Waals surface area contributed by atoms with Crippen LogP contribution >= 0.6 is 0 Å². The highest BCUT2D eigenvalue weighted by atomic mass is 16.3. The third kappa shape index (κ3) is 4.35. The molecule has 4 aromatic rings. The highest BCUT2D eigenvalue weighted by Crippen LogP contribution is 2.19. The molecule has 2 amide bonds. The van der Waals surface area contributed by atoms with Gasteiger partial charge in [-0.05, 0) is 55.0 Å². The number of para-hydroxylation sites is 2. The van der Waals surface area contributed by atoms with Crippen LogP contribution in [-0.2, 0) is 4.79 Å². The lowest BCUT2D eigenvalue weighted by molar-refractivity contribution is -0.116. The second kappa shape index (κ2) is 8.43. The van der Waals surface area contributed by atoms with Gasteiger partial charge in [0.25, 0.3) is 5.91 Å². The summed E-state index contributed by atoms with van der Waals surface area (Å²) >= 11 is 0. The molecule has 0 aliphatic rings. The number of fused-ring (bicyclic) bond motifs is 1. The van der Waals surface area contributed by atoms with Crippen molar-refractivity contribution in [2.24, 2.45) is 0 Å². The van der Waals surface area contributed by atoms with Crippen molar-refractivity contribution in [3.05, 3.63) is 79.0 Å². The Kier molecular flexibility index (Phi) is 5.38. The van der Waals surface area contributed by atoms with Gasteiger partial charge in [0.1, 0.15) is 6.33 Å². The number of hydrogen-bond donors (Lipinski definition) is 2. The van der Waals surface area contributed by atoms with Crippen molar-refractivity contribution in [3.8, 4) is 5.69 Å². The van der Waals surface area contributed by atoms with Crippen LogP contribution in [0.15, 0.2) is 77.7 Å². The van der Waals surface area contributed by atoms with E-state index in [0.717, 1.165) is 22.4 Å². The summed E-state index contributed by atoms with van der Waals surface area (Å²) in [6, 6.07) is 18.8. The zero-order chi connectivity index (χ0) is 20.1. The first-order valence-electron chi connectivity index (χ1n) is 9.35. The molecule has 0 unspecified atom stereocenters. The summed E-state index contributed by atoms with van der Waals surface area (Å²) in [6.45, 7) is 0.402. The Labute approximate surface area is 167 Å². The molecular formula is C22H20N4O3. The van der Waals surface area contributed by atoms with E-state index in [2.05, 4.69) is 15.6 Å². The van der Waals surface area contributed by atoms with Crippen LogP contribution in [0.1, 0.15) is 23.4 Å². The summed E-state index contributed by atoms with van der Waals surface area (Å²) in [5.74, 6) is -0.115. The summed E-state index contributed by atoms with van der Waals surface area (Å²) in [7, 11) is 0. The molecule has 0 fully saturated rings. The molecule has 0 saturated heterocycles. The van der Waals surface area contributed by atoms with Crippen LogP contribution in [0, 0.1) is 0 Å². The van der Waals surface area contributed by atoms with Gasteiger partial charge in [0.05, 0.1) is 17.3 Å². The number of amides is 2.